The Hall–Kier alpha value is -1.10. The van der Waals surface area contributed by atoms with Crippen molar-refractivity contribution in [1.82, 2.24) is 4.90 Å². The smallest absolute Gasteiger partial charge is 0.303 e. The molecule has 0 atom stereocenters. The summed E-state index contributed by atoms with van der Waals surface area (Å²) in [6.45, 7) is 2.65. The van der Waals surface area contributed by atoms with Gasteiger partial charge in [-0.1, -0.05) is 0 Å². The summed E-state index contributed by atoms with van der Waals surface area (Å²) >= 11 is 0. The normalized spacial score (nSPS) is 17.2. The standard InChI is InChI=1S/C10H17NO4/c12-9(3-1-4-10(13)14)11-5-2-7-15-8-6-11/h1-8H2,(H,13,14). The van der Waals surface area contributed by atoms with Crippen LogP contribution >= 0.6 is 0 Å². The summed E-state index contributed by atoms with van der Waals surface area (Å²) in [4.78, 5) is 23.6. The number of rotatable bonds is 4. The van der Waals surface area contributed by atoms with Gasteiger partial charge in [0.15, 0.2) is 0 Å². The van der Waals surface area contributed by atoms with Crippen LogP contribution in [0.5, 0.6) is 0 Å². The van der Waals surface area contributed by atoms with Gasteiger partial charge in [-0.15, -0.1) is 0 Å². The molecule has 1 aliphatic heterocycles. The fourth-order valence-electron chi connectivity index (χ4n) is 1.54. The molecule has 1 amide bonds. The number of hydrogen-bond donors (Lipinski definition) is 1. The molecular formula is C10H17NO4. The van der Waals surface area contributed by atoms with Gasteiger partial charge in [0.25, 0.3) is 0 Å². The van der Waals surface area contributed by atoms with Gasteiger partial charge in [-0.3, -0.25) is 9.59 Å². The fraction of sp³-hybridized carbons (Fsp3) is 0.800. The van der Waals surface area contributed by atoms with Gasteiger partial charge in [-0.2, -0.15) is 0 Å². The van der Waals surface area contributed by atoms with E-state index in [2.05, 4.69) is 0 Å². The topological polar surface area (TPSA) is 66.8 Å². The highest BCUT2D eigenvalue weighted by molar-refractivity contribution is 5.77. The second-order valence-electron chi connectivity index (χ2n) is 3.59. The maximum Gasteiger partial charge on any atom is 0.303 e. The number of carboxylic acids is 1. The molecule has 0 unspecified atom stereocenters. The Bertz CT molecular complexity index is 221. The van der Waals surface area contributed by atoms with E-state index in [1.54, 1.807) is 4.90 Å². The van der Waals surface area contributed by atoms with Crippen LogP contribution in [0.4, 0.5) is 0 Å². The zero-order chi connectivity index (χ0) is 11.1. The number of hydrogen-bond acceptors (Lipinski definition) is 3. The molecule has 1 N–H and O–H groups in total. The molecule has 0 aromatic heterocycles. The maximum absolute atomic E-state index is 11.6. The summed E-state index contributed by atoms with van der Waals surface area (Å²) in [7, 11) is 0. The molecule has 1 aliphatic rings. The lowest BCUT2D eigenvalue weighted by Gasteiger charge is -2.19. The lowest BCUT2D eigenvalue weighted by molar-refractivity contribution is -0.137. The first-order valence-corrected chi connectivity index (χ1v) is 5.27. The van der Waals surface area contributed by atoms with Crippen LogP contribution in [0.2, 0.25) is 0 Å². The number of aliphatic carboxylic acids is 1. The van der Waals surface area contributed by atoms with Gasteiger partial charge in [0.2, 0.25) is 5.91 Å². The van der Waals surface area contributed by atoms with Crippen molar-refractivity contribution in [2.75, 3.05) is 26.3 Å². The molecular weight excluding hydrogens is 198 g/mol. The van der Waals surface area contributed by atoms with E-state index in [1.165, 1.54) is 0 Å². The number of carboxylic acid groups (broad SMARTS) is 1. The lowest BCUT2D eigenvalue weighted by Crippen LogP contribution is -2.33. The quantitative estimate of drug-likeness (QED) is 0.741. The maximum atomic E-state index is 11.6. The van der Waals surface area contributed by atoms with E-state index in [4.69, 9.17) is 9.84 Å². The lowest BCUT2D eigenvalue weighted by atomic mass is 10.2. The molecule has 0 saturated carbocycles. The SMILES string of the molecule is O=C(O)CCCC(=O)N1CCCOCC1. The second-order valence-corrected chi connectivity index (χ2v) is 3.59. The number of nitrogens with zero attached hydrogens (tertiary/aromatic N) is 1. The van der Waals surface area contributed by atoms with E-state index in [-0.39, 0.29) is 12.3 Å². The zero-order valence-electron chi connectivity index (χ0n) is 8.78. The number of carbonyl (C=O) groups excluding carboxylic acids is 1. The van der Waals surface area contributed by atoms with Gasteiger partial charge < -0.3 is 14.7 Å². The average Bonchev–Trinajstić information content (AvgIpc) is 2.44. The predicted octanol–water partition coefficient (Wildman–Crippen LogP) is 0.490. The molecule has 0 bridgehead atoms. The number of carbonyl (C=O) groups is 2. The average molecular weight is 215 g/mol. The Morgan fingerprint density at radius 3 is 2.73 bits per heavy atom. The molecule has 5 nitrogen and oxygen atoms in total. The second kappa shape index (κ2) is 6.40. The monoisotopic (exact) mass is 215 g/mol. The molecule has 86 valence electrons. The van der Waals surface area contributed by atoms with Crippen LogP contribution in [0.3, 0.4) is 0 Å². The van der Waals surface area contributed by atoms with Crippen molar-refractivity contribution in [1.29, 1.82) is 0 Å². The fourth-order valence-corrected chi connectivity index (χ4v) is 1.54. The third kappa shape index (κ3) is 4.78. The molecule has 1 heterocycles. The van der Waals surface area contributed by atoms with Crippen LogP contribution in [-0.2, 0) is 14.3 Å². The van der Waals surface area contributed by atoms with Gasteiger partial charge in [0, 0.05) is 32.5 Å². The minimum Gasteiger partial charge on any atom is -0.481 e. The molecule has 0 radical (unpaired) electrons. The third-order valence-corrected chi connectivity index (χ3v) is 2.36. The van der Waals surface area contributed by atoms with Crippen molar-refractivity contribution in [2.45, 2.75) is 25.7 Å². The molecule has 15 heavy (non-hydrogen) atoms. The molecule has 5 heteroatoms. The first kappa shape index (κ1) is 12.0. The van der Waals surface area contributed by atoms with Crippen LogP contribution in [0.15, 0.2) is 0 Å². The van der Waals surface area contributed by atoms with Crippen molar-refractivity contribution in [3.8, 4) is 0 Å². The summed E-state index contributed by atoms with van der Waals surface area (Å²) in [5, 5.41) is 8.44. The Kier molecular flexibility index (Phi) is 5.10. The van der Waals surface area contributed by atoms with Crippen LogP contribution in [0, 0.1) is 0 Å². The van der Waals surface area contributed by atoms with E-state index in [0.717, 1.165) is 13.0 Å². The summed E-state index contributed by atoms with van der Waals surface area (Å²) in [6.07, 6.45) is 1.68. The van der Waals surface area contributed by atoms with E-state index < -0.39 is 5.97 Å². The van der Waals surface area contributed by atoms with Crippen LogP contribution in [-0.4, -0.2) is 48.2 Å². The summed E-state index contributed by atoms with van der Waals surface area (Å²) in [5.74, 6) is -0.802. The Balaban J connectivity index is 2.22. The molecule has 1 rings (SSSR count). The van der Waals surface area contributed by atoms with Crippen molar-refractivity contribution < 1.29 is 19.4 Å². The number of ether oxygens (including phenoxy) is 1. The highest BCUT2D eigenvalue weighted by Gasteiger charge is 2.15. The molecule has 1 saturated heterocycles. The molecule has 0 aromatic carbocycles. The van der Waals surface area contributed by atoms with Gasteiger partial charge >= 0.3 is 5.97 Å². The molecule has 0 spiro atoms. The Labute approximate surface area is 89.0 Å². The largest absolute Gasteiger partial charge is 0.481 e. The Morgan fingerprint density at radius 2 is 2.00 bits per heavy atom. The molecule has 0 aromatic rings. The van der Waals surface area contributed by atoms with Crippen LogP contribution in [0.25, 0.3) is 0 Å². The molecule has 0 aliphatic carbocycles. The summed E-state index contributed by atoms with van der Waals surface area (Å²) in [5.41, 5.74) is 0. The predicted molar refractivity (Wildman–Crippen MR) is 53.5 cm³/mol. The van der Waals surface area contributed by atoms with E-state index in [1.807, 2.05) is 0 Å². The summed E-state index contributed by atoms with van der Waals surface area (Å²) in [6, 6.07) is 0. The van der Waals surface area contributed by atoms with Crippen molar-refractivity contribution in [3.63, 3.8) is 0 Å². The van der Waals surface area contributed by atoms with E-state index in [9.17, 15) is 9.59 Å². The van der Waals surface area contributed by atoms with Gasteiger partial charge in [0.1, 0.15) is 0 Å². The summed E-state index contributed by atoms with van der Waals surface area (Å²) < 4.78 is 5.23. The zero-order valence-corrected chi connectivity index (χ0v) is 8.78. The van der Waals surface area contributed by atoms with Gasteiger partial charge in [-0.25, -0.2) is 0 Å². The van der Waals surface area contributed by atoms with Crippen LogP contribution in [0.1, 0.15) is 25.7 Å². The van der Waals surface area contributed by atoms with Crippen LogP contribution < -0.4 is 0 Å². The number of amides is 1. The van der Waals surface area contributed by atoms with Crippen molar-refractivity contribution in [3.05, 3.63) is 0 Å². The highest BCUT2D eigenvalue weighted by Crippen LogP contribution is 2.05. The minimum absolute atomic E-state index is 0.0433. The highest BCUT2D eigenvalue weighted by atomic mass is 16.5. The first-order valence-electron chi connectivity index (χ1n) is 5.27. The van der Waals surface area contributed by atoms with Crippen molar-refractivity contribution >= 4 is 11.9 Å². The third-order valence-electron chi connectivity index (χ3n) is 2.36. The van der Waals surface area contributed by atoms with Gasteiger partial charge in [-0.05, 0) is 12.8 Å². The van der Waals surface area contributed by atoms with E-state index in [0.29, 0.717) is 32.6 Å². The van der Waals surface area contributed by atoms with Crippen molar-refractivity contribution in [2.24, 2.45) is 0 Å². The van der Waals surface area contributed by atoms with Gasteiger partial charge in [0.05, 0.1) is 6.61 Å². The molecule has 1 fully saturated rings. The minimum atomic E-state index is -0.845. The first-order chi connectivity index (χ1) is 7.20. The Morgan fingerprint density at radius 1 is 1.20 bits per heavy atom. The van der Waals surface area contributed by atoms with E-state index >= 15 is 0 Å².